The van der Waals surface area contributed by atoms with Crippen LogP contribution in [0.15, 0.2) is 48.9 Å². The van der Waals surface area contributed by atoms with Gasteiger partial charge in [0.2, 0.25) is 0 Å². The first kappa shape index (κ1) is 19.5. The number of carbonyl (C=O) groups is 2. The molecule has 25 heavy (non-hydrogen) atoms. The zero-order valence-corrected chi connectivity index (χ0v) is 13.4. The molecule has 1 heterocycles. The molecule has 0 atom stereocenters. The third kappa shape index (κ3) is 9.25. The first-order chi connectivity index (χ1) is 12.0. The molecule has 0 fully saturated rings. The summed E-state index contributed by atoms with van der Waals surface area (Å²) in [6, 6.07) is 7.55. The van der Waals surface area contributed by atoms with E-state index in [0.717, 1.165) is 29.8 Å². The van der Waals surface area contributed by atoms with Gasteiger partial charge in [-0.2, -0.15) is 0 Å². The number of carboxylic acids is 2. The van der Waals surface area contributed by atoms with Gasteiger partial charge in [-0.05, 0) is 37.1 Å². The summed E-state index contributed by atoms with van der Waals surface area (Å²) in [5.41, 5.74) is 2.01. The Balaban J connectivity index is 0.000000333. The largest absolute Gasteiger partial charge is 0.494 e. The molecule has 130 valence electrons. The summed E-state index contributed by atoms with van der Waals surface area (Å²) in [7, 11) is 0. The lowest BCUT2D eigenvalue weighted by atomic mass is 10.2. The number of rotatable bonds is 7. The van der Waals surface area contributed by atoms with E-state index < -0.39 is 11.9 Å². The number of terminal acetylenes is 1. The van der Waals surface area contributed by atoms with E-state index in [-0.39, 0.29) is 0 Å². The average molecular weight is 342 g/mol. The standard InChI is InChI=1S/C14H14N2O.C4H4O4/c1-2-12-5-7-14(8-6-12)17-9-3-4-13-10-15-11-16-13;5-3(6)1-2-4(7)8/h1,5-8,10-11H,3-4,9H2,(H,15,16);1-2H,(H,5,6)(H,7,8)/b;2-1-. The minimum absolute atomic E-state index is 0.558. The molecule has 0 aliphatic rings. The molecule has 1 aromatic carbocycles. The quantitative estimate of drug-likeness (QED) is 0.403. The Morgan fingerprint density at radius 2 is 1.84 bits per heavy atom. The van der Waals surface area contributed by atoms with Crippen molar-refractivity contribution in [2.45, 2.75) is 12.8 Å². The van der Waals surface area contributed by atoms with Gasteiger partial charge >= 0.3 is 11.9 Å². The third-order valence-corrected chi connectivity index (χ3v) is 2.80. The molecule has 0 aliphatic carbocycles. The molecule has 0 saturated heterocycles. The molecule has 2 aromatic rings. The van der Waals surface area contributed by atoms with Crippen LogP contribution in [0, 0.1) is 12.3 Å². The molecule has 0 saturated carbocycles. The molecule has 3 N–H and O–H groups in total. The number of aliphatic carboxylic acids is 2. The van der Waals surface area contributed by atoms with Gasteiger partial charge in [-0.15, -0.1) is 6.42 Å². The Morgan fingerprint density at radius 3 is 2.32 bits per heavy atom. The van der Waals surface area contributed by atoms with Gasteiger partial charge in [0.1, 0.15) is 5.75 Å². The second-order valence-electron chi connectivity index (χ2n) is 4.71. The van der Waals surface area contributed by atoms with Crippen molar-refractivity contribution in [2.24, 2.45) is 0 Å². The number of benzene rings is 1. The van der Waals surface area contributed by atoms with E-state index in [9.17, 15) is 9.59 Å². The molecule has 0 aliphatic heterocycles. The van der Waals surface area contributed by atoms with Crippen molar-refractivity contribution in [3.05, 3.63) is 60.2 Å². The number of aryl methyl sites for hydroxylation is 1. The Hall–Kier alpha value is -3.53. The predicted molar refractivity (Wildman–Crippen MR) is 91.2 cm³/mol. The van der Waals surface area contributed by atoms with Crippen LogP contribution in [0.1, 0.15) is 17.7 Å². The summed E-state index contributed by atoms with van der Waals surface area (Å²) in [5.74, 6) is 0.914. The maximum absolute atomic E-state index is 9.55. The van der Waals surface area contributed by atoms with Gasteiger partial charge in [0, 0.05) is 29.6 Å². The zero-order valence-electron chi connectivity index (χ0n) is 13.4. The topological polar surface area (TPSA) is 113 Å². The highest BCUT2D eigenvalue weighted by Gasteiger charge is 1.96. The summed E-state index contributed by atoms with van der Waals surface area (Å²) in [6.07, 6.45) is 11.8. The van der Waals surface area contributed by atoms with Crippen LogP contribution < -0.4 is 4.74 Å². The number of imidazole rings is 1. The minimum Gasteiger partial charge on any atom is -0.494 e. The Labute approximate surface area is 145 Å². The van der Waals surface area contributed by atoms with E-state index in [4.69, 9.17) is 21.4 Å². The van der Waals surface area contributed by atoms with Crippen molar-refractivity contribution in [1.29, 1.82) is 0 Å². The van der Waals surface area contributed by atoms with Crippen LogP contribution >= 0.6 is 0 Å². The van der Waals surface area contributed by atoms with E-state index in [0.29, 0.717) is 18.8 Å². The van der Waals surface area contributed by atoms with E-state index in [1.807, 2.05) is 30.5 Å². The molecular weight excluding hydrogens is 324 g/mol. The van der Waals surface area contributed by atoms with Crippen molar-refractivity contribution < 1.29 is 24.5 Å². The third-order valence-electron chi connectivity index (χ3n) is 2.80. The van der Waals surface area contributed by atoms with E-state index in [2.05, 4.69) is 15.9 Å². The number of ether oxygens (including phenoxy) is 1. The number of aromatic nitrogens is 2. The molecule has 0 bridgehead atoms. The highest BCUT2D eigenvalue weighted by molar-refractivity contribution is 5.89. The van der Waals surface area contributed by atoms with Crippen LogP contribution in [0.5, 0.6) is 5.75 Å². The number of aromatic amines is 1. The Kier molecular flexibility index (Phi) is 8.65. The minimum atomic E-state index is -1.26. The summed E-state index contributed by atoms with van der Waals surface area (Å²) in [4.78, 5) is 26.1. The van der Waals surface area contributed by atoms with E-state index >= 15 is 0 Å². The van der Waals surface area contributed by atoms with Crippen LogP contribution in [-0.4, -0.2) is 38.7 Å². The molecule has 7 nitrogen and oxygen atoms in total. The Bertz CT molecular complexity index is 712. The first-order valence-electron chi connectivity index (χ1n) is 7.32. The lowest BCUT2D eigenvalue weighted by molar-refractivity contribution is -0.134. The number of H-pyrrole nitrogens is 1. The fraction of sp³-hybridized carbons (Fsp3) is 0.167. The fourth-order valence-corrected chi connectivity index (χ4v) is 1.66. The summed E-state index contributed by atoms with van der Waals surface area (Å²) in [5, 5.41) is 15.6. The van der Waals surface area contributed by atoms with Gasteiger partial charge in [-0.3, -0.25) is 0 Å². The van der Waals surface area contributed by atoms with Crippen molar-refractivity contribution in [1.82, 2.24) is 9.97 Å². The van der Waals surface area contributed by atoms with Gasteiger partial charge in [0.15, 0.2) is 0 Å². The number of hydrogen-bond donors (Lipinski definition) is 3. The van der Waals surface area contributed by atoms with Crippen molar-refractivity contribution in [2.75, 3.05) is 6.61 Å². The maximum atomic E-state index is 9.55. The van der Waals surface area contributed by atoms with Crippen LogP contribution in [-0.2, 0) is 16.0 Å². The van der Waals surface area contributed by atoms with Crippen LogP contribution in [0.4, 0.5) is 0 Å². The summed E-state index contributed by atoms with van der Waals surface area (Å²) in [6.45, 7) is 0.689. The second kappa shape index (κ2) is 11.1. The average Bonchev–Trinajstić information content (AvgIpc) is 3.11. The van der Waals surface area contributed by atoms with Crippen LogP contribution in [0.3, 0.4) is 0 Å². The summed E-state index contributed by atoms with van der Waals surface area (Å²) >= 11 is 0. The van der Waals surface area contributed by atoms with Crippen molar-refractivity contribution in [3.63, 3.8) is 0 Å². The lowest BCUT2D eigenvalue weighted by Gasteiger charge is -2.05. The van der Waals surface area contributed by atoms with Gasteiger partial charge in [-0.1, -0.05) is 5.92 Å². The molecule has 0 spiro atoms. The van der Waals surface area contributed by atoms with E-state index in [1.54, 1.807) is 6.33 Å². The smallest absolute Gasteiger partial charge is 0.328 e. The molecule has 0 amide bonds. The van der Waals surface area contributed by atoms with Crippen molar-refractivity contribution >= 4 is 11.9 Å². The highest BCUT2D eigenvalue weighted by Crippen LogP contribution is 2.12. The highest BCUT2D eigenvalue weighted by atomic mass is 16.5. The number of nitrogens with zero attached hydrogens (tertiary/aromatic N) is 1. The SMILES string of the molecule is C#Cc1ccc(OCCCc2cnc[nH]2)cc1.O=C(O)/C=C\C(=O)O. The number of carboxylic acid groups (broad SMARTS) is 2. The molecule has 2 rings (SSSR count). The van der Waals surface area contributed by atoms with Crippen molar-refractivity contribution in [3.8, 4) is 18.1 Å². The van der Waals surface area contributed by atoms with E-state index in [1.165, 1.54) is 0 Å². The first-order valence-corrected chi connectivity index (χ1v) is 7.32. The predicted octanol–water partition coefficient (Wildman–Crippen LogP) is 2.11. The van der Waals surface area contributed by atoms with Gasteiger partial charge in [-0.25, -0.2) is 14.6 Å². The normalized spacial score (nSPS) is 9.72. The van der Waals surface area contributed by atoms with Crippen LogP contribution in [0.25, 0.3) is 0 Å². The van der Waals surface area contributed by atoms with Gasteiger partial charge < -0.3 is 19.9 Å². The number of nitrogens with one attached hydrogen (secondary N) is 1. The monoisotopic (exact) mass is 342 g/mol. The fourth-order valence-electron chi connectivity index (χ4n) is 1.66. The maximum Gasteiger partial charge on any atom is 0.328 e. The lowest BCUT2D eigenvalue weighted by Crippen LogP contribution is -1.99. The zero-order chi connectivity index (χ0) is 18.5. The molecule has 1 aromatic heterocycles. The van der Waals surface area contributed by atoms with Crippen LogP contribution in [0.2, 0.25) is 0 Å². The van der Waals surface area contributed by atoms with Gasteiger partial charge in [0.25, 0.3) is 0 Å². The van der Waals surface area contributed by atoms with Gasteiger partial charge in [0.05, 0.1) is 12.9 Å². The Morgan fingerprint density at radius 1 is 1.20 bits per heavy atom. The summed E-state index contributed by atoms with van der Waals surface area (Å²) < 4.78 is 5.60. The molecular formula is C18H18N2O5. The second-order valence-corrected chi connectivity index (χ2v) is 4.71. The molecule has 0 radical (unpaired) electrons. The molecule has 7 heteroatoms. The number of hydrogen-bond acceptors (Lipinski definition) is 4. The molecule has 0 unspecified atom stereocenters.